The molecule has 0 radical (unpaired) electrons. The van der Waals surface area contributed by atoms with Crippen molar-refractivity contribution in [3.05, 3.63) is 12.2 Å². The second-order valence-corrected chi connectivity index (χ2v) is 3.46. The minimum Gasteiger partial charge on any atom is -0.335 e. The topological polar surface area (TPSA) is 40.6 Å². The van der Waals surface area contributed by atoms with Crippen LogP contribution in [0.3, 0.4) is 0 Å². The molecule has 2 rings (SSSR count). The highest BCUT2D eigenvalue weighted by atomic mass is 16.2. The van der Waals surface area contributed by atoms with Crippen LogP contribution in [-0.4, -0.2) is 47.8 Å². The van der Waals surface area contributed by atoms with E-state index in [4.69, 9.17) is 0 Å². The molecule has 1 saturated heterocycles. The number of carbonyl (C=O) groups excluding carboxylic acids is 2. The minimum absolute atomic E-state index is 0.0523. The van der Waals surface area contributed by atoms with E-state index >= 15 is 0 Å². The molecule has 2 aliphatic heterocycles. The van der Waals surface area contributed by atoms with Crippen LogP contribution in [0.4, 0.5) is 0 Å². The van der Waals surface area contributed by atoms with Gasteiger partial charge in [0.25, 0.3) is 0 Å². The van der Waals surface area contributed by atoms with E-state index in [9.17, 15) is 9.59 Å². The van der Waals surface area contributed by atoms with Crippen LogP contribution in [0.25, 0.3) is 0 Å². The van der Waals surface area contributed by atoms with Gasteiger partial charge in [-0.25, -0.2) is 0 Å². The fraction of sp³-hybridized carbons (Fsp3) is 0.556. The number of hydrogen-bond acceptors (Lipinski definition) is 2. The van der Waals surface area contributed by atoms with Crippen molar-refractivity contribution in [3.8, 4) is 0 Å². The Morgan fingerprint density at radius 1 is 1.38 bits per heavy atom. The van der Waals surface area contributed by atoms with E-state index < -0.39 is 0 Å². The Labute approximate surface area is 76.8 Å². The summed E-state index contributed by atoms with van der Waals surface area (Å²) in [5, 5.41) is 0. The first-order valence-electron chi connectivity index (χ1n) is 4.39. The van der Waals surface area contributed by atoms with Crippen LogP contribution in [0.2, 0.25) is 0 Å². The predicted molar refractivity (Wildman–Crippen MR) is 46.9 cm³/mol. The SMILES string of the molecule is CN1CC(=O)N2CC=CC[C@@H]2C1=O. The van der Waals surface area contributed by atoms with Gasteiger partial charge in [0.2, 0.25) is 11.8 Å². The molecule has 0 aromatic rings. The third-order valence-corrected chi connectivity index (χ3v) is 2.56. The van der Waals surface area contributed by atoms with Gasteiger partial charge in [-0.1, -0.05) is 12.2 Å². The number of fused-ring (bicyclic) bond motifs is 1. The van der Waals surface area contributed by atoms with Crippen LogP contribution < -0.4 is 0 Å². The van der Waals surface area contributed by atoms with Crippen molar-refractivity contribution >= 4 is 11.8 Å². The quantitative estimate of drug-likeness (QED) is 0.477. The molecule has 1 fully saturated rings. The lowest BCUT2D eigenvalue weighted by atomic mass is 10.0. The lowest BCUT2D eigenvalue weighted by Gasteiger charge is -2.39. The summed E-state index contributed by atoms with van der Waals surface area (Å²) < 4.78 is 0. The van der Waals surface area contributed by atoms with E-state index in [1.165, 1.54) is 4.90 Å². The molecular weight excluding hydrogens is 168 g/mol. The van der Waals surface area contributed by atoms with Gasteiger partial charge in [0.05, 0.1) is 6.54 Å². The van der Waals surface area contributed by atoms with Gasteiger partial charge in [0.1, 0.15) is 6.04 Å². The van der Waals surface area contributed by atoms with Crippen LogP contribution in [-0.2, 0) is 9.59 Å². The highest BCUT2D eigenvalue weighted by Gasteiger charge is 2.37. The van der Waals surface area contributed by atoms with Crippen LogP contribution in [0.1, 0.15) is 6.42 Å². The second-order valence-electron chi connectivity index (χ2n) is 3.46. The summed E-state index contributed by atoms with van der Waals surface area (Å²) in [4.78, 5) is 26.2. The van der Waals surface area contributed by atoms with Gasteiger partial charge in [-0.3, -0.25) is 9.59 Å². The molecule has 4 nitrogen and oxygen atoms in total. The number of likely N-dealkylation sites (N-methyl/N-ethyl adjacent to an activating group) is 1. The minimum atomic E-state index is -0.240. The van der Waals surface area contributed by atoms with Gasteiger partial charge in [-0.05, 0) is 6.42 Å². The van der Waals surface area contributed by atoms with E-state index in [1.807, 2.05) is 12.2 Å². The first-order valence-corrected chi connectivity index (χ1v) is 4.39. The molecule has 4 heteroatoms. The van der Waals surface area contributed by atoms with Crippen LogP contribution >= 0.6 is 0 Å². The lowest BCUT2D eigenvalue weighted by molar-refractivity contribution is -0.154. The molecule has 0 bridgehead atoms. The molecular formula is C9H12N2O2. The van der Waals surface area contributed by atoms with Gasteiger partial charge in [-0.15, -0.1) is 0 Å². The zero-order valence-corrected chi connectivity index (χ0v) is 7.56. The molecule has 2 aliphatic rings. The zero-order chi connectivity index (χ0) is 9.42. The standard InChI is InChI=1S/C9H12N2O2/c1-10-6-8(12)11-5-3-2-4-7(11)9(10)13/h2-3,7H,4-6H2,1H3/t7-/m1/s1. The first-order chi connectivity index (χ1) is 6.20. The summed E-state index contributed by atoms with van der Waals surface area (Å²) in [6.07, 6.45) is 4.56. The van der Waals surface area contributed by atoms with Crippen molar-refractivity contribution in [3.63, 3.8) is 0 Å². The number of piperazine rings is 1. The summed E-state index contributed by atoms with van der Waals surface area (Å²) in [6.45, 7) is 0.812. The number of amides is 2. The lowest BCUT2D eigenvalue weighted by Crippen LogP contribution is -2.59. The highest BCUT2D eigenvalue weighted by Crippen LogP contribution is 2.17. The second kappa shape index (κ2) is 2.87. The summed E-state index contributed by atoms with van der Waals surface area (Å²) in [5.74, 6) is 0.111. The third kappa shape index (κ3) is 1.22. The van der Waals surface area contributed by atoms with Crippen molar-refractivity contribution in [1.29, 1.82) is 0 Å². The summed E-state index contributed by atoms with van der Waals surface area (Å²) in [5.41, 5.74) is 0. The highest BCUT2D eigenvalue weighted by molar-refractivity contribution is 5.95. The molecule has 0 saturated carbocycles. The van der Waals surface area contributed by atoms with Crippen molar-refractivity contribution in [2.24, 2.45) is 0 Å². The Hall–Kier alpha value is -1.32. The molecule has 2 amide bonds. The van der Waals surface area contributed by atoms with Crippen molar-refractivity contribution in [1.82, 2.24) is 9.80 Å². The number of nitrogens with zero attached hydrogens (tertiary/aromatic N) is 2. The van der Waals surface area contributed by atoms with Crippen LogP contribution in [0.5, 0.6) is 0 Å². The number of rotatable bonds is 0. The summed E-state index contributed by atoms with van der Waals surface area (Å²) in [6, 6.07) is -0.240. The molecule has 70 valence electrons. The molecule has 0 aliphatic carbocycles. The molecule has 0 aromatic carbocycles. The average Bonchev–Trinajstić information content (AvgIpc) is 2.15. The fourth-order valence-corrected chi connectivity index (χ4v) is 1.80. The van der Waals surface area contributed by atoms with Gasteiger partial charge < -0.3 is 9.80 Å². The summed E-state index contributed by atoms with van der Waals surface area (Å²) in [7, 11) is 1.68. The van der Waals surface area contributed by atoms with Crippen molar-refractivity contribution in [2.45, 2.75) is 12.5 Å². The smallest absolute Gasteiger partial charge is 0.245 e. The maximum absolute atomic E-state index is 11.6. The molecule has 0 N–H and O–H groups in total. The van der Waals surface area contributed by atoms with E-state index in [0.717, 1.165) is 0 Å². The van der Waals surface area contributed by atoms with E-state index in [-0.39, 0.29) is 24.4 Å². The van der Waals surface area contributed by atoms with Crippen LogP contribution in [0, 0.1) is 0 Å². The molecule has 0 aromatic heterocycles. The Kier molecular flexibility index (Phi) is 1.83. The fourth-order valence-electron chi connectivity index (χ4n) is 1.80. The molecule has 2 heterocycles. The maximum atomic E-state index is 11.6. The third-order valence-electron chi connectivity index (χ3n) is 2.56. The van der Waals surface area contributed by atoms with E-state index in [2.05, 4.69) is 0 Å². The zero-order valence-electron chi connectivity index (χ0n) is 7.56. The molecule has 0 spiro atoms. The monoisotopic (exact) mass is 180 g/mol. The predicted octanol–water partition coefficient (Wildman–Crippen LogP) is -0.385. The van der Waals surface area contributed by atoms with Gasteiger partial charge >= 0.3 is 0 Å². The Bertz CT molecular complexity index is 285. The van der Waals surface area contributed by atoms with E-state index in [0.29, 0.717) is 13.0 Å². The van der Waals surface area contributed by atoms with E-state index in [1.54, 1.807) is 11.9 Å². The van der Waals surface area contributed by atoms with Gasteiger partial charge in [0, 0.05) is 13.6 Å². The average molecular weight is 180 g/mol. The van der Waals surface area contributed by atoms with Gasteiger partial charge in [-0.2, -0.15) is 0 Å². The van der Waals surface area contributed by atoms with Crippen molar-refractivity contribution in [2.75, 3.05) is 20.1 Å². The first kappa shape index (κ1) is 8.29. The largest absolute Gasteiger partial charge is 0.335 e. The number of carbonyl (C=O) groups is 2. The molecule has 13 heavy (non-hydrogen) atoms. The number of hydrogen-bond donors (Lipinski definition) is 0. The molecule has 0 unspecified atom stereocenters. The van der Waals surface area contributed by atoms with Gasteiger partial charge in [0.15, 0.2) is 0 Å². The maximum Gasteiger partial charge on any atom is 0.245 e. The summed E-state index contributed by atoms with van der Waals surface area (Å²) >= 11 is 0. The van der Waals surface area contributed by atoms with Crippen LogP contribution in [0.15, 0.2) is 12.2 Å². The van der Waals surface area contributed by atoms with Crippen molar-refractivity contribution < 1.29 is 9.59 Å². The Balaban J connectivity index is 2.26. The Morgan fingerprint density at radius 3 is 2.92 bits per heavy atom. The molecule has 1 atom stereocenters. The Morgan fingerprint density at radius 2 is 2.15 bits per heavy atom. The normalized spacial score (nSPS) is 27.9.